The quantitative estimate of drug-likeness (QED) is 0.364. The zero-order valence-corrected chi connectivity index (χ0v) is 10.4. The Labute approximate surface area is 106 Å². The van der Waals surface area contributed by atoms with Crippen LogP contribution < -0.4 is 5.73 Å². The van der Waals surface area contributed by atoms with Crippen molar-refractivity contribution < 1.29 is 24.3 Å². The molecule has 0 saturated heterocycles. The van der Waals surface area contributed by atoms with Gasteiger partial charge < -0.3 is 15.6 Å². The van der Waals surface area contributed by atoms with Crippen molar-refractivity contribution in [1.29, 1.82) is 0 Å². The highest BCUT2D eigenvalue weighted by molar-refractivity contribution is 7.13. The van der Waals surface area contributed by atoms with Crippen LogP contribution >= 0.6 is 11.3 Å². The van der Waals surface area contributed by atoms with E-state index in [4.69, 9.17) is 10.8 Å². The number of ether oxygens (including phenoxy) is 1. The van der Waals surface area contributed by atoms with E-state index in [1.54, 1.807) is 13.8 Å². The van der Waals surface area contributed by atoms with Crippen molar-refractivity contribution in [1.82, 2.24) is 4.98 Å². The molecule has 0 saturated carbocycles. The highest BCUT2D eigenvalue weighted by atomic mass is 32.1. The number of nitrogens with two attached hydrogens (primary N) is 1. The minimum Gasteiger partial charge on any atom is -0.476 e. The number of hydrogen-bond donors (Lipinski definition) is 2. The van der Waals surface area contributed by atoms with Gasteiger partial charge >= 0.3 is 12.1 Å². The Morgan fingerprint density at radius 1 is 1.56 bits per heavy atom. The van der Waals surface area contributed by atoms with Crippen LogP contribution in [-0.2, 0) is 14.4 Å². The molecule has 0 aromatic carbocycles. The molecule has 0 aliphatic carbocycles. The minimum atomic E-state index is -1.39. The third-order valence-corrected chi connectivity index (χ3v) is 2.18. The Morgan fingerprint density at radius 3 is 2.67 bits per heavy atom. The average Bonchev–Trinajstić information content (AvgIpc) is 2.63. The molecule has 0 aliphatic rings. The first kappa shape index (κ1) is 13.9. The van der Waals surface area contributed by atoms with Crippen molar-refractivity contribution in [2.24, 2.45) is 5.16 Å². The fourth-order valence-corrected chi connectivity index (χ4v) is 1.44. The highest BCUT2D eigenvalue weighted by Gasteiger charge is 2.18. The van der Waals surface area contributed by atoms with E-state index in [1.807, 2.05) is 0 Å². The molecule has 0 spiro atoms. The number of oxime groups is 1. The average molecular weight is 273 g/mol. The molecule has 0 bridgehead atoms. The van der Waals surface area contributed by atoms with Gasteiger partial charge in [0.25, 0.3) is 0 Å². The fraction of sp³-hybridized carbons (Fsp3) is 0.333. The summed E-state index contributed by atoms with van der Waals surface area (Å²) in [4.78, 5) is 30.0. The van der Waals surface area contributed by atoms with Crippen molar-refractivity contribution in [3.8, 4) is 0 Å². The fourth-order valence-electron chi connectivity index (χ4n) is 0.889. The number of nitrogens with zero attached hydrogens (tertiary/aromatic N) is 2. The van der Waals surface area contributed by atoms with E-state index in [9.17, 15) is 9.59 Å². The number of carbonyl (C=O) groups excluding carboxylic acids is 1. The number of thiazole rings is 1. The monoisotopic (exact) mass is 273 g/mol. The van der Waals surface area contributed by atoms with E-state index in [1.165, 1.54) is 5.38 Å². The van der Waals surface area contributed by atoms with Crippen molar-refractivity contribution in [3.63, 3.8) is 0 Å². The summed E-state index contributed by atoms with van der Waals surface area (Å²) in [6, 6.07) is 0. The Bertz CT molecular complexity index is 482. The number of carboxylic acids is 1. The van der Waals surface area contributed by atoms with Crippen LogP contribution in [0.1, 0.15) is 19.5 Å². The van der Waals surface area contributed by atoms with Crippen LogP contribution in [0.25, 0.3) is 0 Å². The number of carbonyl (C=O) groups is 2. The Balaban J connectivity index is 2.80. The van der Waals surface area contributed by atoms with Gasteiger partial charge in [0.1, 0.15) is 5.69 Å². The maximum atomic E-state index is 11.0. The molecule has 0 aliphatic heterocycles. The number of carboxylic acid groups (broad SMARTS) is 1. The topological polar surface area (TPSA) is 124 Å². The first-order valence-electron chi connectivity index (χ1n) is 4.80. The van der Waals surface area contributed by atoms with Gasteiger partial charge in [-0.2, -0.15) is 0 Å². The van der Waals surface area contributed by atoms with Gasteiger partial charge in [-0.25, -0.2) is 14.6 Å². The maximum absolute atomic E-state index is 11.0. The molecule has 1 aromatic heterocycles. The maximum Gasteiger partial charge on any atom is 0.535 e. The minimum absolute atomic E-state index is 0.0161. The van der Waals surface area contributed by atoms with Crippen molar-refractivity contribution in [3.05, 3.63) is 11.1 Å². The summed E-state index contributed by atoms with van der Waals surface area (Å²) in [5.41, 5.74) is 4.86. The van der Waals surface area contributed by atoms with Gasteiger partial charge in [-0.15, -0.1) is 11.3 Å². The van der Waals surface area contributed by atoms with Crippen LogP contribution in [-0.4, -0.2) is 34.0 Å². The Hall–Kier alpha value is -2.16. The van der Waals surface area contributed by atoms with Crippen molar-refractivity contribution in [2.75, 3.05) is 5.73 Å². The predicted molar refractivity (Wildman–Crippen MR) is 63.4 cm³/mol. The Kier molecular flexibility index (Phi) is 4.60. The molecule has 8 nitrogen and oxygen atoms in total. The Morgan fingerprint density at radius 2 is 2.22 bits per heavy atom. The van der Waals surface area contributed by atoms with Crippen LogP contribution in [0.15, 0.2) is 10.5 Å². The van der Waals surface area contributed by atoms with E-state index < -0.39 is 23.9 Å². The first-order valence-corrected chi connectivity index (χ1v) is 5.68. The lowest BCUT2D eigenvalue weighted by Crippen LogP contribution is -2.18. The van der Waals surface area contributed by atoms with Crippen LogP contribution in [0.2, 0.25) is 0 Å². The van der Waals surface area contributed by atoms with E-state index >= 15 is 0 Å². The zero-order chi connectivity index (χ0) is 13.7. The van der Waals surface area contributed by atoms with E-state index in [-0.39, 0.29) is 10.8 Å². The lowest BCUT2D eigenvalue weighted by Gasteiger charge is -2.04. The number of nitrogen functional groups attached to an aromatic ring is 1. The normalized spacial score (nSPS) is 11.4. The zero-order valence-electron chi connectivity index (χ0n) is 9.61. The molecular weight excluding hydrogens is 262 g/mol. The van der Waals surface area contributed by atoms with Crippen LogP contribution in [0.3, 0.4) is 0 Å². The van der Waals surface area contributed by atoms with Crippen LogP contribution in [0.5, 0.6) is 0 Å². The molecular formula is C9H11N3O5S. The van der Waals surface area contributed by atoms with E-state index in [0.29, 0.717) is 0 Å². The molecule has 9 heteroatoms. The van der Waals surface area contributed by atoms with Gasteiger partial charge in [0.2, 0.25) is 5.71 Å². The van der Waals surface area contributed by atoms with Gasteiger partial charge in [-0.3, -0.25) is 4.84 Å². The van der Waals surface area contributed by atoms with E-state index in [0.717, 1.165) is 11.3 Å². The van der Waals surface area contributed by atoms with Gasteiger partial charge in [-0.1, -0.05) is 5.16 Å². The standard InChI is InChI=1S/C9H11N3O5S/c1-4(2)16-9(15)17-12-6(7(13)14)5-3-18-8(10)11-5/h3-4H,1-2H3,(H2,10,11)(H,13,14). The number of aliphatic carboxylic acids is 1. The molecule has 0 amide bonds. The second-order valence-corrected chi connectivity index (χ2v) is 4.21. The van der Waals surface area contributed by atoms with Crippen molar-refractivity contribution in [2.45, 2.75) is 20.0 Å². The molecule has 0 unspecified atom stereocenters. The lowest BCUT2D eigenvalue weighted by molar-refractivity contribution is -0.129. The summed E-state index contributed by atoms with van der Waals surface area (Å²) >= 11 is 1.05. The van der Waals surface area contributed by atoms with Crippen molar-refractivity contribution >= 4 is 34.3 Å². The molecule has 98 valence electrons. The molecule has 0 radical (unpaired) electrons. The van der Waals surface area contributed by atoms with Gasteiger partial charge in [0.05, 0.1) is 6.10 Å². The van der Waals surface area contributed by atoms with Crippen LogP contribution in [0.4, 0.5) is 9.93 Å². The largest absolute Gasteiger partial charge is 0.535 e. The third-order valence-electron chi connectivity index (χ3n) is 1.51. The van der Waals surface area contributed by atoms with E-state index in [2.05, 4.69) is 19.7 Å². The molecule has 1 rings (SSSR count). The third kappa shape index (κ3) is 4.01. The molecule has 18 heavy (non-hydrogen) atoms. The highest BCUT2D eigenvalue weighted by Crippen LogP contribution is 2.12. The number of hydrogen-bond acceptors (Lipinski definition) is 8. The summed E-state index contributed by atoms with van der Waals surface area (Å²) < 4.78 is 4.62. The second kappa shape index (κ2) is 5.96. The number of rotatable bonds is 4. The van der Waals surface area contributed by atoms with Gasteiger partial charge in [-0.05, 0) is 13.8 Å². The SMILES string of the molecule is CC(C)OC(=O)ON=C(C(=O)O)c1csc(N)n1. The van der Waals surface area contributed by atoms with Crippen LogP contribution in [0, 0.1) is 0 Å². The first-order chi connectivity index (χ1) is 8.40. The number of anilines is 1. The smallest absolute Gasteiger partial charge is 0.476 e. The molecule has 1 heterocycles. The van der Waals surface area contributed by atoms with Gasteiger partial charge in [0.15, 0.2) is 5.13 Å². The summed E-state index contributed by atoms with van der Waals surface area (Å²) in [5.74, 6) is -1.39. The molecule has 1 aromatic rings. The molecule has 3 N–H and O–H groups in total. The molecule has 0 atom stereocenters. The number of aromatic nitrogens is 1. The molecule has 0 fully saturated rings. The summed E-state index contributed by atoms with van der Waals surface area (Å²) in [6.07, 6.45) is -1.48. The summed E-state index contributed by atoms with van der Waals surface area (Å²) in [5, 5.41) is 13.7. The summed E-state index contributed by atoms with van der Waals surface area (Å²) in [6.45, 7) is 3.23. The lowest BCUT2D eigenvalue weighted by atomic mass is 10.3. The summed E-state index contributed by atoms with van der Waals surface area (Å²) in [7, 11) is 0. The van der Waals surface area contributed by atoms with Gasteiger partial charge in [0, 0.05) is 5.38 Å². The second-order valence-electron chi connectivity index (χ2n) is 3.32. The predicted octanol–water partition coefficient (Wildman–Crippen LogP) is 1.08.